The second kappa shape index (κ2) is 7.48. The zero-order valence-corrected chi connectivity index (χ0v) is 19.0. The summed E-state index contributed by atoms with van der Waals surface area (Å²) in [5.74, 6) is 1.61. The highest BCUT2D eigenvalue weighted by molar-refractivity contribution is 7.16. The lowest BCUT2D eigenvalue weighted by atomic mass is 9.72. The second-order valence-electron chi connectivity index (χ2n) is 9.57. The molecule has 166 valence electrons. The van der Waals surface area contributed by atoms with E-state index in [2.05, 4.69) is 31.4 Å². The first-order valence-electron chi connectivity index (χ1n) is 10.8. The van der Waals surface area contributed by atoms with E-state index in [-0.39, 0.29) is 17.0 Å². The van der Waals surface area contributed by atoms with Crippen molar-refractivity contribution in [2.45, 2.75) is 46.2 Å². The van der Waals surface area contributed by atoms with E-state index >= 15 is 0 Å². The summed E-state index contributed by atoms with van der Waals surface area (Å²) in [7, 11) is 0. The molecule has 1 aliphatic carbocycles. The van der Waals surface area contributed by atoms with E-state index in [9.17, 15) is 14.9 Å². The van der Waals surface area contributed by atoms with Gasteiger partial charge in [-0.3, -0.25) is 14.9 Å². The quantitative estimate of drug-likeness (QED) is 0.380. The Hall–Kier alpha value is -3.13. The SMILES string of the molecule is CC(C)(C)C1CCc2c(sc3c2C(=O)NC(c2ccc(-c4cccc([N+](=O)[O-])c4)o2)N3)C1. The maximum absolute atomic E-state index is 13.0. The minimum absolute atomic E-state index is 0.00640. The number of fused-ring (bicyclic) bond motifs is 3. The summed E-state index contributed by atoms with van der Waals surface area (Å²) < 4.78 is 5.98. The van der Waals surface area contributed by atoms with Crippen molar-refractivity contribution in [2.24, 2.45) is 11.3 Å². The number of nitro benzene ring substituents is 1. The van der Waals surface area contributed by atoms with Gasteiger partial charge in [0.05, 0.1) is 10.5 Å². The number of furan rings is 1. The number of hydrogen-bond donors (Lipinski definition) is 2. The highest BCUT2D eigenvalue weighted by Gasteiger charge is 2.37. The maximum atomic E-state index is 13.0. The number of thiophene rings is 1. The van der Waals surface area contributed by atoms with Crippen LogP contribution < -0.4 is 10.6 Å². The summed E-state index contributed by atoms with van der Waals surface area (Å²) in [4.78, 5) is 25.0. The maximum Gasteiger partial charge on any atom is 0.270 e. The molecular weight excluding hydrogens is 426 g/mol. The van der Waals surface area contributed by atoms with Crippen molar-refractivity contribution in [3.8, 4) is 11.3 Å². The van der Waals surface area contributed by atoms with Crippen LogP contribution in [0.25, 0.3) is 11.3 Å². The fourth-order valence-electron chi connectivity index (χ4n) is 4.62. The first kappa shape index (κ1) is 20.8. The van der Waals surface area contributed by atoms with Gasteiger partial charge in [0.2, 0.25) is 0 Å². The molecule has 0 saturated carbocycles. The number of anilines is 1. The Morgan fingerprint density at radius 1 is 1.19 bits per heavy atom. The number of nitro groups is 1. The van der Waals surface area contributed by atoms with Gasteiger partial charge in [-0.2, -0.15) is 0 Å². The van der Waals surface area contributed by atoms with Crippen LogP contribution in [0, 0.1) is 21.4 Å². The van der Waals surface area contributed by atoms with Crippen LogP contribution in [0.5, 0.6) is 0 Å². The Bertz CT molecular complexity index is 1220. The Kier molecular flexibility index (Phi) is 4.85. The van der Waals surface area contributed by atoms with Crippen LogP contribution in [0.1, 0.15) is 59.9 Å². The molecule has 7 nitrogen and oxygen atoms in total. The molecule has 3 aromatic rings. The van der Waals surface area contributed by atoms with Crippen LogP contribution in [0.15, 0.2) is 40.8 Å². The number of carbonyl (C=O) groups excluding carboxylic acids is 1. The Morgan fingerprint density at radius 2 is 2.00 bits per heavy atom. The van der Waals surface area contributed by atoms with Gasteiger partial charge in [0.15, 0.2) is 6.17 Å². The molecule has 3 heterocycles. The largest absolute Gasteiger partial charge is 0.457 e. The second-order valence-corrected chi connectivity index (χ2v) is 10.7. The molecular formula is C24H25N3O4S. The summed E-state index contributed by atoms with van der Waals surface area (Å²) in [6.07, 6.45) is 2.55. The molecule has 0 fully saturated rings. The Morgan fingerprint density at radius 3 is 2.75 bits per heavy atom. The smallest absolute Gasteiger partial charge is 0.270 e. The number of nitrogens with one attached hydrogen (secondary N) is 2. The zero-order chi connectivity index (χ0) is 22.6. The lowest BCUT2D eigenvalue weighted by Crippen LogP contribution is -2.38. The molecule has 0 saturated heterocycles. The third kappa shape index (κ3) is 3.58. The normalized spacial score (nSPS) is 20.2. The van der Waals surface area contributed by atoms with Crippen molar-refractivity contribution in [1.82, 2.24) is 5.32 Å². The molecule has 2 unspecified atom stereocenters. The van der Waals surface area contributed by atoms with E-state index in [0.29, 0.717) is 23.0 Å². The Balaban J connectivity index is 1.40. The average Bonchev–Trinajstić information content (AvgIpc) is 3.37. The molecule has 2 N–H and O–H groups in total. The summed E-state index contributed by atoms with van der Waals surface area (Å²) in [6, 6.07) is 9.88. The summed E-state index contributed by atoms with van der Waals surface area (Å²) in [5, 5.41) is 18.4. The fourth-order valence-corrected chi connectivity index (χ4v) is 5.97. The van der Waals surface area contributed by atoms with E-state index < -0.39 is 11.1 Å². The van der Waals surface area contributed by atoms with E-state index in [1.807, 2.05) is 0 Å². The zero-order valence-electron chi connectivity index (χ0n) is 18.2. The molecule has 2 atom stereocenters. The lowest BCUT2D eigenvalue weighted by molar-refractivity contribution is -0.384. The van der Waals surface area contributed by atoms with Crippen molar-refractivity contribution < 1.29 is 14.1 Å². The highest BCUT2D eigenvalue weighted by atomic mass is 32.1. The lowest BCUT2D eigenvalue weighted by Gasteiger charge is -2.34. The van der Waals surface area contributed by atoms with Crippen molar-refractivity contribution in [3.63, 3.8) is 0 Å². The number of hydrogen-bond acceptors (Lipinski definition) is 6. The molecule has 0 spiro atoms. The first-order valence-corrected chi connectivity index (χ1v) is 11.6. The molecule has 5 rings (SSSR count). The van der Waals surface area contributed by atoms with E-state index in [1.54, 1.807) is 35.6 Å². The van der Waals surface area contributed by atoms with Crippen molar-refractivity contribution in [3.05, 3.63) is 68.3 Å². The number of amides is 1. The van der Waals surface area contributed by atoms with Gasteiger partial charge in [0.1, 0.15) is 16.5 Å². The minimum Gasteiger partial charge on any atom is -0.457 e. The van der Waals surface area contributed by atoms with Gasteiger partial charge in [-0.1, -0.05) is 32.9 Å². The van der Waals surface area contributed by atoms with Crippen LogP contribution in [-0.2, 0) is 12.8 Å². The van der Waals surface area contributed by atoms with Gasteiger partial charge in [-0.25, -0.2) is 0 Å². The molecule has 1 aliphatic heterocycles. The number of nitrogens with zero attached hydrogens (tertiary/aromatic N) is 1. The number of rotatable bonds is 3. The monoisotopic (exact) mass is 451 g/mol. The Labute approximate surface area is 190 Å². The topological polar surface area (TPSA) is 97.4 Å². The standard InChI is InChI=1S/C24H25N3O4S/c1-24(2,3)14-7-8-16-19(12-14)32-23-20(16)22(28)25-21(26-23)18-10-9-17(31-18)13-5-4-6-15(11-13)27(29)30/h4-6,9-11,14,21,26H,7-8,12H2,1-3H3,(H,25,28). The molecule has 8 heteroatoms. The number of non-ortho nitro benzene ring substituents is 1. The van der Waals surface area contributed by atoms with Crippen molar-refractivity contribution in [1.29, 1.82) is 0 Å². The van der Waals surface area contributed by atoms with Gasteiger partial charge in [-0.05, 0) is 48.3 Å². The number of benzene rings is 1. The van der Waals surface area contributed by atoms with Gasteiger partial charge in [0, 0.05) is 22.6 Å². The predicted octanol–water partition coefficient (Wildman–Crippen LogP) is 5.92. The molecule has 0 bridgehead atoms. The van der Waals surface area contributed by atoms with E-state index in [4.69, 9.17) is 4.42 Å². The summed E-state index contributed by atoms with van der Waals surface area (Å²) in [5.41, 5.74) is 2.84. The summed E-state index contributed by atoms with van der Waals surface area (Å²) in [6.45, 7) is 6.85. The fraction of sp³-hybridized carbons (Fsp3) is 0.375. The van der Waals surface area contributed by atoms with Crippen LogP contribution in [0.2, 0.25) is 0 Å². The van der Waals surface area contributed by atoms with Crippen LogP contribution in [-0.4, -0.2) is 10.8 Å². The van der Waals surface area contributed by atoms with Crippen LogP contribution in [0.4, 0.5) is 10.7 Å². The third-order valence-electron chi connectivity index (χ3n) is 6.52. The average molecular weight is 452 g/mol. The molecule has 0 radical (unpaired) electrons. The molecule has 32 heavy (non-hydrogen) atoms. The minimum atomic E-state index is -0.485. The van der Waals surface area contributed by atoms with E-state index in [0.717, 1.165) is 29.8 Å². The third-order valence-corrected chi connectivity index (χ3v) is 7.71. The molecule has 2 aromatic heterocycles. The van der Waals surface area contributed by atoms with Gasteiger partial charge in [-0.15, -0.1) is 11.3 Å². The first-order chi connectivity index (χ1) is 15.2. The van der Waals surface area contributed by atoms with Gasteiger partial charge in [0.25, 0.3) is 11.6 Å². The van der Waals surface area contributed by atoms with Gasteiger partial charge < -0.3 is 15.1 Å². The molecule has 2 aliphatic rings. The predicted molar refractivity (Wildman–Crippen MR) is 124 cm³/mol. The van der Waals surface area contributed by atoms with Crippen molar-refractivity contribution >= 4 is 27.9 Å². The molecule has 1 amide bonds. The highest BCUT2D eigenvalue weighted by Crippen LogP contribution is 2.46. The van der Waals surface area contributed by atoms with Crippen LogP contribution in [0.3, 0.4) is 0 Å². The van der Waals surface area contributed by atoms with Crippen LogP contribution >= 0.6 is 11.3 Å². The number of carbonyl (C=O) groups is 1. The summed E-state index contributed by atoms with van der Waals surface area (Å²) >= 11 is 1.68. The molecule has 1 aromatic carbocycles. The van der Waals surface area contributed by atoms with Crippen molar-refractivity contribution in [2.75, 3.05) is 5.32 Å². The van der Waals surface area contributed by atoms with E-state index in [1.165, 1.54) is 22.6 Å². The van der Waals surface area contributed by atoms with Gasteiger partial charge >= 0.3 is 0 Å².